The van der Waals surface area contributed by atoms with E-state index in [1.165, 1.54) is 11.1 Å². The molecule has 0 bridgehead atoms. The lowest BCUT2D eigenvalue weighted by atomic mass is 9.85. The highest BCUT2D eigenvalue weighted by Crippen LogP contribution is 2.32. The third-order valence-corrected chi connectivity index (χ3v) is 3.55. The number of carbonyl (C=O) groups is 1. The van der Waals surface area contributed by atoms with Crippen LogP contribution in [0.25, 0.3) is 0 Å². The zero-order valence-corrected chi connectivity index (χ0v) is 14.3. The fraction of sp³-hybridized carbons (Fsp3) is 0.350. The fourth-order valence-electron chi connectivity index (χ4n) is 2.34. The highest BCUT2D eigenvalue weighted by molar-refractivity contribution is 5.75. The van der Waals surface area contributed by atoms with E-state index in [2.05, 4.69) is 39.8 Å². The van der Waals surface area contributed by atoms with Crippen LogP contribution in [-0.2, 0) is 5.41 Å². The monoisotopic (exact) mass is 312 g/mol. The number of ether oxygens (including phenoxy) is 2. The molecular weight excluding hydrogens is 288 g/mol. The molecular formula is C20H24O3. The molecule has 2 aromatic rings. The second-order valence-corrected chi connectivity index (χ2v) is 6.64. The maximum atomic E-state index is 10.8. The first-order valence-electron chi connectivity index (χ1n) is 7.82. The van der Waals surface area contributed by atoms with E-state index in [-0.39, 0.29) is 5.41 Å². The van der Waals surface area contributed by atoms with Gasteiger partial charge in [-0.1, -0.05) is 50.6 Å². The van der Waals surface area contributed by atoms with Crippen molar-refractivity contribution in [2.75, 3.05) is 13.2 Å². The summed E-state index contributed by atoms with van der Waals surface area (Å²) < 4.78 is 11.5. The summed E-state index contributed by atoms with van der Waals surface area (Å²) in [6.07, 6.45) is 0.811. The van der Waals surface area contributed by atoms with Gasteiger partial charge in [0.2, 0.25) is 0 Å². The minimum Gasteiger partial charge on any atom is -0.490 e. The second kappa shape index (κ2) is 7.32. The van der Waals surface area contributed by atoms with Crippen molar-refractivity contribution in [1.29, 1.82) is 0 Å². The van der Waals surface area contributed by atoms with Gasteiger partial charge < -0.3 is 9.47 Å². The molecule has 0 spiro atoms. The number of aldehydes is 1. The van der Waals surface area contributed by atoms with Crippen LogP contribution in [-0.4, -0.2) is 19.5 Å². The van der Waals surface area contributed by atoms with Crippen molar-refractivity contribution in [3.8, 4) is 11.5 Å². The van der Waals surface area contributed by atoms with E-state index in [9.17, 15) is 4.79 Å². The number of hydrogen-bond acceptors (Lipinski definition) is 3. The molecule has 122 valence electrons. The molecule has 0 saturated carbocycles. The summed E-state index contributed by atoms with van der Waals surface area (Å²) >= 11 is 0. The van der Waals surface area contributed by atoms with E-state index >= 15 is 0 Å². The lowest BCUT2D eigenvalue weighted by Crippen LogP contribution is -2.16. The van der Waals surface area contributed by atoms with Crippen molar-refractivity contribution in [2.45, 2.75) is 33.1 Å². The fourth-order valence-corrected chi connectivity index (χ4v) is 2.34. The molecule has 0 fully saturated rings. The number of carbonyl (C=O) groups excluding carboxylic acids is 1. The van der Waals surface area contributed by atoms with Gasteiger partial charge in [-0.15, -0.1) is 0 Å². The zero-order valence-electron chi connectivity index (χ0n) is 14.3. The number of aryl methyl sites for hydroxylation is 1. The zero-order chi connectivity index (χ0) is 16.9. The van der Waals surface area contributed by atoms with Gasteiger partial charge in [0, 0.05) is 5.56 Å². The van der Waals surface area contributed by atoms with Crippen LogP contribution in [0.5, 0.6) is 11.5 Å². The Balaban J connectivity index is 1.95. The Labute approximate surface area is 138 Å². The van der Waals surface area contributed by atoms with Crippen LogP contribution in [0.4, 0.5) is 0 Å². The lowest BCUT2D eigenvalue weighted by Gasteiger charge is -2.23. The van der Waals surface area contributed by atoms with E-state index < -0.39 is 0 Å². The van der Waals surface area contributed by atoms with Gasteiger partial charge >= 0.3 is 0 Å². The smallest absolute Gasteiger partial charge is 0.150 e. The predicted molar refractivity (Wildman–Crippen MR) is 92.7 cm³/mol. The Morgan fingerprint density at radius 2 is 1.74 bits per heavy atom. The summed E-state index contributed by atoms with van der Waals surface area (Å²) in [7, 11) is 0. The molecule has 0 aromatic heterocycles. The van der Waals surface area contributed by atoms with Gasteiger partial charge in [0.1, 0.15) is 31.0 Å². The average Bonchev–Trinajstić information content (AvgIpc) is 2.52. The third kappa shape index (κ3) is 4.85. The minimum atomic E-state index is 0.0283. The number of benzene rings is 2. The summed E-state index contributed by atoms with van der Waals surface area (Å²) in [5.74, 6) is 1.58. The molecule has 3 nitrogen and oxygen atoms in total. The van der Waals surface area contributed by atoms with Crippen LogP contribution < -0.4 is 9.47 Å². The molecule has 0 heterocycles. The quantitative estimate of drug-likeness (QED) is 0.579. The van der Waals surface area contributed by atoms with Crippen molar-refractivity contribution in [3.05, 3.63) is 59.2 Å². The Morgan fingerprint density at radius 3 is 2.43 bits per heavy atom. The summed E-state index contributed by atoms with van der Waals surface area (Å²) in [4.78, 5) is 10.8. The van der Waals surface area contributed by atoms with Crippen molar-refractivity contribution in [3.63, 3.8) is 0 Å². The van der Waals surface area contributed by atoms with Crippen LogP contribution in [0.3, 0.4) is 0 Å². The molecule has 23 heavy (non-hydrogen) atoms. The van der Waals surface area contributed by atoms with Crippen LogP contribution in [0, 0.1) is 6.92 Å². The molecule has 0 aliphatic carbocycles. The molecule has 0 aliphatic heterocycles. The van der Waals surface area contributed by atoms with Gasteiger partial charge in [0.15, 0.2) is 0 Å². The summed E-state index contributed by atoms with van der Waals surface area (Å²) in [6.45, 7) is 9.50. The Hall–Kier alpha value is -2.29. The summed E-state index contributed by atoms with van der Waals surface area (Å²) in [6, 6.07) is 13.3. The second-order valence-electron chi connectivity index (χ2n) is 6.64. The van der Waals surface area contributed by atoms with E-state index in [0.29, 0.717) is 24.5 Å². The Morgan fingerprint density at radius 1 is 1.00 bits per heavy atom. The summed E-state index contributed by atoms with van der Waals surface area (Å²) in [5, 5.41) is 0. The SMILES string of the molecule is Cc1ccc(OCCOc2cccc(C=O)c2)c(C(C)(C)C)c1. The van der Waals surface area contributed by atoms with Crippen LogP contribution in [0.15, 0.2) is 42.5 Å². The first kappa shape index (κ1) is 17.1. The molecule has 2 aromatic carbocycles. The van der Waals surface area contributed by atoms with Crippen molar-refractivity contribution < 1.29 is 14.3 Å². The van der Waals surface area contributed by atoms with Crippen molar-refractivity contribution in [2.24, 2.45) is 0 Å². The van der Waals surface area contributed by atoms with Crippen LogP contribution in [0.1, 0.15) is 42.3 Å². The first-order chi connectivity index (χ1) is 10.9. The van der Waals surface area contributed by atoms with E-state index in [0.717, 1.165) is 12.0 Å². The van der Waals surface area contributed by atoms with Gasteiger partial charge in [-0.25, -0.2) is 0 Å². The molecule has 0 N–H and O–H groups in total. The normalized spacial score (nSPS) is 11.1. The van der Waals surface area contributed by atoms with Crippen LogP contribution >= 0.6 is 0 Å². The third-order valence-electron chi connectivity index (χ3n) is 3.55. The Kier molecular flexibility index (Phi) is 5.43. The van der Waals surface area contributed by atoms with Gasteiger partial charge in [0.25, 0.3) is 0 Å². The molecule has 3 heteroatoms. The molecule has 0 radical (unpaired) electrons. The summed E-state index contributed by atoms with van der Waals surface area (Å²) in [5.41, 5.74) is 3.06. The molecule has 2 rings (SSSR count). The molecule has 0 aliphatic rings. The highest BCUT2D eigenvalue weighted by atomic mass is 16.5. The molecule has 0 atom stereocenters. The van der Waals surface area contributed by atoms with E-state index in [1.54, 1.807) is 18.2 Å². The lowest BCUT2D eigenvalue weighted by molar-refractivity contribution is 0.112. The van der Waals surface area contributed by atoms with E-state index in [1.807, 2.05) is 12.1 Å². The number of rotatable bonds is 6. The van der Waals surface area contributed by atoms with Gasteiger partial charge in [-0.05, 0) is 36.1 Å². The average molecular weight is 312 g/mol. The maximum absolute atomic E-state index is 10.8. The molecule has 0 saturated heterocycles. The molecule has 0 unspecified atom stereocenters. The maximum Gasteiger partial charge on any atom is 0.150 e. The minimum absolute atomic E-state index is 0.0283. The molecule has 0 amide bonds. The van der Waals surface area contributed by atoms with Gasteiger partial charge in [-0.2, -0.15) is 0 Å². The topological polar surface area (TPSA) is 35.5 Å². The van der Waals surface area contributed by atoms with Crippen LogP contribution in [0.2, 0.25) is 0 Å². The van der Waals surface area contributed by atoms with Gasteiger partial charge in [0.05, 0.1) is 0 Å². The largest absolute Gasteiger partial charge is 0.490 e. The first-order valence-corrected chi connectivity index (χ1v) is 7.82. The predicted octanol–water partition coefficient (Wildman–Crippen LogP) is 4.56. The Bertz CT molecular complexity index is 669. The highest BCUT2D eigenvalue weighted by Gasteiger charge is 2.19. The van der Waals surface area contributed by atoms with Crippen molar-refractivity contribution in [1.82, 2.24) is 0 Å². The van der Waals surface area contributed by atoms with E-state index in [4.69, 9.17) is 9.47 Å². The number of hydrogen-bond donors (Lipinski definition) is 0. The van der Waals surface area contributed by atoms with Crippen molar-refractivity contribution >= 4 is 6.29 Å². The standard InChI is InChI=1S/C20H24O3/c1-15-8-9-19(18(12-15)20(2,3)4)23-11-10-22-17-7-5-6-16(13-17)14-21/h5-9,12-14H,10-11H2,1-4H3. The van der Waals surface area contributed by atoms with Gasteiger partial charge in [-0.3, -0.25) is 4.79 Å².